The van der Waals surface area contributed by atoms with Crippen LogP contribution >= 0.6 is 35.3 Å². The van der Waals surface area contributed by atoms with Crippen LogP contribution in [0, 0.1) is 0 Å². The molecule has 0 spiro atoms. The van der Waals surface area contributed by atoms with Crippen molar-refractivity contribution in [2.45, 2.75) is 73.4 Å². The average Bonchev–Trinajstić information content (AvgIpc) is 3.37. The van der Waals surface area contributed by atoms with Crippen molar-refractivity contribution < 1.29 is 23.9 Å². The van der Waals surface area contributed by atoms with Gasteiger partial charge in [0.25, 0.3) is 0 Å². The Morgan fingerprint density at radius 2 is 1.83 bits per heavy atom. The van der Waals surface area contributed by atoms with E-state index in [-0.39, 0.29) is 11.9 Å². The summed E-state index contributed by atoms with van der Waals surface area (Å²) in [5.41, 5.74) is 1.39. The molecule has 1 unspecified atom stereocenters. The first-order valence-electron chi connectivity index (χ1n) is 12.2. The van der Waals surface area contributed by atoms with Crippen LogP contribution in [0.1, 0.15) is 60.6 Å². The van der Waals surface area contributed by atoms with Crippen LogP contribution in [0.4, 0.5) is 4.79 Å². The number of benzene rings is 1. The maximum absolute atomic E-state index is 12.1. The first-order valence-corrected chi connectivity index (χ1v) is 15.8. The fourth-order valence-electron chi connectivity index (χ4n) is 4.35. The number of amides is 3. The van der Waals surface area contributed by atoms with E-state index >= 15 is 0 Å². The number of fused-ring (bicyclic) bond motifs is 1. The molecule has 0 aliphatic carbocycles. The Morgan fingerprint density at radius 1 is 1.11 bits per heavy atom. The summed E-state index contributed by atoms with van der Waals surface area (Å²) in [5.74, 6) is 1.02. The normalized spacial score (nSPS) is 22.4. The lowest BCUT2D eigenvalue weighted by atomic mass is 10.0. The minimum atomic E-state index is -4.23. The minimum absolute atomic E-state index is 0.0105. The van der Waals surface area contributed by atoms with Gasteiger partial charge in [-0.1, -0.05) is 53.0 Å². The smallest absolute Gasteiger partial charge is 0.343 e. The SMILES string of the molecule is O=C(CCCCCNCCCC[C@H]1SC[C@H]2NC(=O)N[C@H]21)NCc1ccc(C(Br)P(=O)(O)O)cc1. The fourth-order valence-corrected chi connectivity index (χ4v) is 6.76. The molecule has 6 N–H and O–H groups in total. The summed E-state index contributed by atoms with van der Waals surface area (Å²) in [6.07, 6.45) is 6.81. The lowest BCUT2D eigenvalue weighted by molar-refractivity contribution is -0.121. The number of urea groups is 1. The number of carbonyl (C=O) groups excluding carboxylic acids is 2. The highest BCUT2D eigenvalue weighted by Gasteiger charge is 2.42. The Labute approximate surface area is 219 Å². The maximum Gasteiger partial charge on any atom is 0.343 e. The number of carbonyl (C=O) groups is 2. The third-order valence-electron chi connectivity index (χ3n) is 6.33. The summed E-state index contributed by atoms with van der Waals surface area (Å²) in [4.78, 5) is 41.9. The molecule has 0 radical (unpaired) electrons. The van der Waals surface area contributed by atoms with Crippen LogP contribution in [-0.2, 0) is 15.9 Å². The molecule has 0 bridgehead atoms. The third-order valence-corrected chi connectivity index (χ3v) is 10.9. The van der Waals surface area contributed by atoms with Gasteiger partial charge in [0, 0.05) is 24.0 Å². The summed E-state index contributed by atoms with van der Waals surface area (Å²) < 4.78 is 10.3. The third kappa shape index (κ3) is 9.37. The largest absolute Gasteiger partial charge is 0.352 e. The summed E-state index contributed by atoms with van der Waals surface area (Å²) in [5, 5.41) is 12.9. The summed E-state index contributed by atoms with van der Waals surface area (Å²) in [6, 6.07) is 7.40. The highest BCUT2D eigenvalue weighted by Crippen LogP contribution is 2.55. The van der Waals surface area contributed by atoms with Crippen LogP contribution in [0.2, 0.25) is 0 Å². The van der Waals surface area contributed by atoms with Crippen molar-refractivity contribution >= 4 is 47.2 Å². The molecule has 2 aliphatic rings. The lowest BCUT2D eigenvalue weighted by Gasteiger charge is -2.16. The van der Waals surface area contributed by atoms with Gasteiger partial charge in [-0.25, -0.2) is 4.79 Å². The molecule has 9 nitrogen and oxygen atoms in total. The number of hydrogen-bond acceptors (Lipinski definition) is 5. The standard InChI is InChI=1S/C23H36BrN4O5PS/c24-22(34(31,32)33)17-10-8-16(9-11-17)14-26-20(29)7-2-1-4-12-25-13-5-3-6-19-21-18(15-35-19)27-23(30)28-21/h8-11,18-19,21-22,25H,1-7,12-15H2,(H,26,29)(H2,27,28,30)(H2,31,32,33)/t18-,19-,21-,22?/m1/s1. The van der Waals surface area contributed by atoms with Crippen LogP contribution < -0.4 is 21.3 Å². The van der Waals surface area contributed by atoms with Gasteiger partial charge >= 0.3 is 13.6 Å². The number of alkyl halides is 1. The van der Waals surface area contributed by atoms with E-state index in [4.69, 9.17) is 0 Å². The molecular weight excluding hydrogens is 555 g/mol. The van der Waals surface area contributed by atoms with Gasteiger partial charge in [0.15, 0.2) is 0 Å². The summed E-state index contributed by atoms with van der Waals surface area (Å²) >= 11 is 4.99. The molecule has 1 aromatic carbocycles. The molecule has 0 aromatic heterocycles. The first kappa shape index (κ1) is 28.5. The van der Waals surface area contributed by atoms with E-state index in [0.717, 1.165) is 62.9 Å². The Morgan fingerprint density at radius 3 is 2.54 bits per heavy atom. The van der Waals surface area contributed by atoms with Crippen molar-refractivity contribution in [2.24, 2.45) is 0 Å². The molecule has 4 atom stereocenters. The molecule has 2 saturated heterocycles. The molecule has 2 heterocycles. The van der Waals surface area contributed by atoms with Gasteiger partial charge in [-0.2, -0.15) is 11.8 Å². The highest BCUT2D eigenvalue weighted by atomic mass is 79.9. The second-order valence-electron chi connectivity index (χ2n) is 9.12. The van der Waals surface area contributed by atoms with Crippen molar-refractivity contribution in [1.82, 2.24) is 21.3 Å². The Bertz CT molecular complexity index is 887. The Balaban J connectivity index is 1.15. The molecular formula is C23H36BrN4O5PS. The van der Waals surface area contributed by atoms with Gasteiger partial charge in [-0.3, -0.25) is 9.36 Å². The van der Waals surface area contributed by atoms with Crippen molar-refractivity contribution in [3.63, 3.8) is 0 Å². The highest BCUT2D eigenvalue weighted by molar-refractivity contribution is 9.10. The molecule has 3 rings (SSSR count). The molecule has 12 heteroatoms. The quantitative estimate of drug-likeness (QED) is 0.0796. The van der Waals surface area contributed by atoms with Crippen molar-refractivity contribution in [2.75, 3.05) is 18.8 Å². The molecule has 3 amide bonds. The molecule has 0 saturated carbocycles. The molecule has 35 heavy (non-hydrogen) atoms. The van der Waals surface area contributed by atoms with Gasteiger partial charge in [0.05, 0.1) is 12.1 Å². The number of thioether (sulfide) groups is 1. The van der Waals surface area contributed by atoms with E-state index in [2.05, 4.69) is 37.2 Å². The molecule has 2 fully saturated rings. The van der Waals surface area contributed by atoms with Gasteiger partial charge < -0.3 is 31.1 Å². The lowest BCUT2D eigenvalue weighted by Crippen LogP contribution is -2.36. The second-order valence-corrected chi connectivity index (χ2v) is 13.7. The van der Waals surface area contributed by atoms with Gasteiger partial charge in [0.2, 0.25) is 5.91 Å². The topological polar surface area (TPSA) is 140 Å². The molecule has 2 aliphatic heterocycles. The van der Waals surface area contributed by atoms with Crippen LogP contribution in [0.5, 0.6) is 0 Å². The number of halogens is 1. The Kier molecular flexibility index (Phi) is 11.4. The van der Waals surface area contributed by atoms with Gasteiger partial charge in [-0.05, 0) is 49.9 Å². The van der Waals surface area contributed by atoms with Crippen LogP contribution in [0.25, 0.3) is 0 Å². The summed E-state index contributed by atoms with van der Waals surface area (Å²) in [7, 11) is -4.23. The van der Waals surface area contributed by atoms with Gasteiger partial charge in [-0.15, -0.1) is 0 Å². The van der Waals surface area contributed by atoms with Crippen molar-refractivity contribution in [3.05, 3.63) is 35.4 Å². The van der Waals surface area contributed by atoms with E-state index < -0.39 is 12.2 Å². The predicted molar refractivity (Wildman–Crippen MR) is 143 cm³/mol. The number of nitrogens with one attached hydrogen (secondary N) is 4. The zero-order chi connectivity index (χ0) is 25.3. The van der Waals surface area contributed by atoms with E-state index in [0.29, 0.717) is 35.9 Å². The number of unbranched alkanes of at least 4 members (excludes halogenated alkanes) is 3. The zero-order valence-electron chi connectivity index (χ0n) is 19.7. The van der Waals surface area contributed by atoms with E-state index in [1.165, 1.54) is 0 Å². The minimum Gasteiger partial charge on any atom is -0.352 e. The Hall–Kier alpha value is -1.10. The van der Waals surface area contributed by atoms with E-state index in [9.17, 15) is 23.9 Å². The van der Waals surface area contributed by atoms with Crippen molar-refractivity contribution in [1.29, 1.82) is 0 Å². The van der Waals surface area contributed by atoms with Crippen LogP contribution in [0.3, 0.4) is 0 Å². The monoisotopic (exact) mass is 590 g/mol. The molecule has 196 valence electrons. The van der Waals surface area contributed by atoms with Crippen molar-refractivity contribution in [3.8, 4) is 0 Å². The summed E-state index contributed by atoms with van der Waals surface area (Å²) in [6.45, 7) is 2.35. The van der Waals surface area contributed by atoms with Crippen LogP contribution in [-0.4, -0.2) is 57.9 Å². The average molecular weight is 592 g/mol. The van der Waals surface area contributed by atoms with E-state index in [1.807, 2.05) is 11.8 Å². The first-order chi connectivity index (χ1) is 16.7. The number of rotatable bonds is 15. The zero-order valence-corrected chi connectivity index (χ0v) is 23.0. The van der Waals surface area contributed by atoms with Gasteiger partial charge in [0.1, 0.15) is 4.57 Å². The number of hydrogen-bond donors (Lipinski definition) is 6. The predicted octanol–water partition coefficient (Wildman–Crippen LogP) is 3.36. The fraction of sp³-hybridized carbons (Fsp3) is 0.652. The van der Waals surface area contributed by atoms with E-state index in [1.54, 1.807) is 24.3 Å². The second kappa shape index (κ2) is 14.0. The maximum atomic E-state index is 12.1. The molecule has 1 aromatic rings. The van der Waals surface area contributed by atoms with Crippen LogP contribution in [0.15, 0.2) is 24.3 Å².